The Labute approximate surface area is 129 Å². The van der Waals surface area contributed by atoms with E-state index in [0.717, 1.165) is 42.5 Å². The van der Waals surface area contributed by atoms with Crippen LogP contribution in [0, 0.1) is 6.92 Å². The lowest BCUT2D eigenvalue weighted by Gasteiger charge is -2.13. The molecule has 0 atom stereocenters. The van der Waals surface area contributed by atoms with E-state index in [-0.39, 0.29) is 0 Å². The number of aromatic nitrogens is 3. The first-order chi connectivity index (χ1) is 10.2. The summed E-state index contributed by atoms with van der Waals surface area (Å²) in [5.41, 5.74) is 1.07. The predicted molar refractivity (Wildman–Crippen MR) is 86.4 cm³/mol. The zero-order valence-corrected chi connectivity index (χ0v) is 13.5. The average Bonchev–Trinajstić information content (AvgIpc) is 2.90. The van der Waals surface area contributed by atoms with Crippen LogP contribution in [-0.4, -0.2) is 35.2 Å². The Balaban J connectivity index is 1.98. The first-order valence-electron chi connectivity index (χ1n) is 7.02. The molecule has 6 nitrogen and oxygen atoms in total. The maximum absolute atomic E-state index is 5.42. The number of thiazole rings is 1. The van der Waals surface area contributed by atoms with Gasteiger partial charge in [0, 0.05) is 30.6 Å². The zero-order valence-electron chi connectivity index (χ0n) is 12.6. The minimum absolute atomic E-state index is 0.654. The highest BCUT2D eigenvalue weighted by atomic mass is 32.1. The van der Waals surface area contributed by atoms with E-state index in [9.17, 15) is 0 Å². The van der Waals surface area contributed by atoms with Gasteiger partial charge in [0.2, 0.25) is 5.75 Å². The quantitative estimate of drug-likeness (QED) is 0.781. The molecule has 7 heteroatoms. The van der Waals surface area contributed by atoms with Gasteiger partial charge < -0.3 is 15.4 Å². The molecule has 0 aromatic carbocycles. The van der Waals surface area contributed by atoms with Crippen molar-refractivity contribution < 1.29 is 4.74 Å². The van der Waals surface area contributed by atoms with Gasteiger partial charge in [-0.2, -0.15) is 0 Å². The van der Waals surface area contributed by atoms with Gasteiger partial charge >= 0.3 is 0 Å². The van der Waals surface area contributed by atoms with Gasteiger partial charge in [-0.1, -0.05) is 6.92 Å². The summed E-state index contributed by atoms with van der Waals surface area (Å²) < 4.78 is 5.42. The van der Waals surface area contributed by atoms with Crippen molar-refractivity contribution >= 4 is 23.0 Å². The van der Waals surface area contributed by atoms with E-state index >= 15 is 0 Å². The molecule has 0 fully saturated rings. The highest BCUT2D eigenvalue weighted by Gasteiger charge is 2.11. The molecule has 2 aromatic heterocycles. The maximum atomic E-state index is 5.42. The number of ether oxygens (including phenoxy) is 1. The van der Waals surface area contributed by atoms with Gasteiger partial charge in [-0.15, -0.1) is 11.3 Å². The van der Waals surface area contributed by atoms with Crippen LogP contribution in [0.3, 0.4) is 0 Å². The normalized spacial score (nSPS) is 10.4. The number of methoxy groups -OCH3 is 1. The Kier molecular flexibility index (Phi) is 5.74. The SMILES string of the molecule is CCCNc1ncnc(NCCc2nc(C)cs2)c1OC. The molecule has 0 aliphatic carbocycles. The van der Waals surface area contributed by atoms with Crippen molar-refractivity contribution in [1.82, 2.24) is 15.0 Å². The summed E-state index contributed by atoms with van der Waals surface area (Å²) in [4.78, 5) is 12.9. The zero-order chi connectivity index (χ0) is 15.1. The maximum Gasteiger partial charge on any atom is 0.204 e. The second kappa shape index (κ2) is 7.78. The third-order valence-electron chi connectivity index (χ3n) is 2.85. The molecule has 0 saturated carbocycles. The van der Waals surface area contributed by atoms with Crippen molar-refractivity contribution in [2.45, 2.75) is 26.7 Å². The second-order valence-electron chi connectivity index (χ2n) is 4.59. The molecule has 2 N–H and O–H groups in total. The van der Waals surface area contributed by atoms with Crippen LogP contribution < -0.4 is 15.4 Å². The van der Waals surface area contributed by atoms with E-state index in [4.69, 9.17) is 4.74 Å². The average molecular weight is 307 g/mol. The highest BCUT2D eigenvalue weighted by Crippen LogP contribution is 2.28. The van der Waals surface area contributed by atoms with Crippen LogP contribution >= 0.6 is 11.3 Å². The summed E-state index contributed by atoms with van der Waals surface area (Å²) in [6.07, 6.45) is 3.43. The van der Waals surface area contributed by atoms with Crippen LogP contribution in [0.15, 0.2) is 11.7 Å². The number of nitrogens with one attached hydrogen (secondary N) is 2. The van der Waals surface area contributed by atoms with Crippen molar-refractivity contribution in [3.05, 3.63) is 22.4 Å². The molecule has 114 valence electrons. The van der Waals surface area contributed by atoms with Crippen LogP contribution in [0.5, 0.6) is 5.75 Å². The number of hydrogen-bond acceptors (Lipinski definition) is 7. The molecule has 0 bridgehead atoms. The molecular weight excluding hydrogens is 286 g/mol. The molecular formula is C14H21N5OS. The fourth-order valence-electron chi connectivity index (χ4n) is 1.87. The largest absolute Gasteiger partial charge is 0.490 e. The molecule has 0 spiro atoms. The third-order valence-corrected chi connectivity index (χ3v) is 3.87. The Morgan fingerprint density at radius 1 is 1.19 bits per heavy atom. The first kappa shape index (κ1) is 15.5. The summed E-state index contributed by atoms with van der Waals surface area (Å²) in [5.74, 6) is 2.09. The summed E-state index contributed by atoms with van der Waals surface area (Å²) in [7, 11) is 1.63. The Morgan fingerprint density at radius 3 is 2.48 bits per heavy atom. The molecule has 0 unspecified atom stereocenters. The number of aryl methyl sites for hydroxylation is 1. The molecule has 0 aliphatic heterocycles. The molecule has 0 amide bonds. The second-order valence-corrected chi connectivity index (χ2v) is 5.53. The number of rotatable bonds is 8. The van der Waals surface area contributed by atoms with Crippen molar-refractivity contribution in [3.63, 3.8) is 0 Å². The van der Waals surface area contributed by atoms with Crippen LogP contribution in [0.4, 0.5) is 11.6 Å². The summed E-state index contributed by atoms with van der Waals surface area (Å²) in [6.45, 7) is 5.72. The molecule has 21 heavy (non-hydrogen) atoms. The Morgan fingerprint density at radius 2 is 1.90 bits per heavy atom. The number of hydrogen-bond donors (Lipinski definition) is 2. The van der Waals surface area contributed by atoms with Crippen molar-refractivity contribution in [3.8, 4) is 5.75 Å². The fourth-order valence-corrected chi connectivity index (χ4v) is 2.64. The Hall–Kier alpha value is -1.89. The number of nitrogens with zero attached hydrogens (tertiary/aromatic N) is 3. The molecule has 2 aromatic rings. The minimum atomic E-state index is 0.654. The van der Waals surface area contributed by atoms with Gasteiger partial charge in [0.15, 0.2) is 11.6 Å². The lowest BCUT2D eigenvalue weighted by atomic mass is 10.4. The molecule has 2 heterocycles. The molecule has 0 radical (unpaired) electrons. The van der Waals surface area contributed by atoms with Gasteiger partial charge in [0.25, 0.3) is 0 Å². The van der Waals surface area contributed by atoms with E-state index in [1.807, 2.05) is 6.92 Å². The Bertz CT molecular complexity index is 572. The van der Waals surface area contributed by atoms with E-state index in [2.05, 4.69) is 37.9 Å². The smallest absolute Gasteiger partial charge is 0.204 e. The predicted octanol–water partition coefficient (Wildman–Crippen LogP) is 2.73. The minimum Gasteiger partial charge on any atom is -0.490 e. The molecule has 0 saturated heterocycles. The van der Waals surface area contributed by atoms with Crippen LogP contribution in [0.2, 0.25) is 0 Å². The van der Waals surface area contributed by atoms with Gasteiger partial charge in [0.05, 0.1) is 12.1 Å². The lowest BCUT2D eigenvalue weighted by molar-refractivity contribution is 0.414. The van der Waals surface area contributed by atoms with Gasteiger partial charge in [0.1, 0.15) is 6.33 Å². The summed E-state index contributed by atoms with van der Waals surface area (Å²) in [5, 5.41) is 9.71. The van der Waals surface area contributed by atoms with E-state index in [0.29, 0.717) is 11.6 Å². The topological polar surface area (TPSA) is 72.0 Å². The van der Waals surface area contributed by atoms with E-state index in [1.165, 1.54) is 6.33 Å². The monoisotopic (exact) mass is 307 g/mol. The molecule has 2 rings (SSSR count). The van der Waals surface area contributed by atoms with E-state index in [1.54, 1.807) is 18.4 Å². The fraction of sp³-hybridized carbons (Fsp3) is 0.500. The highest BCUT2D eigenvalue weighted by molar-refractivity contribution is 7.09. The first-order valence-corrected chi connectivity index (χ1v) is 7.90. The standard InChI is InChI=1S/C14H21N5OS/c1-4-6-15-13-12(20-3)14(18-9-17-13)16-7-5-11-19-10(2)8-21-11/h8-9H,4-7H2,1-3H3,(H2,15,16,17,18). The number of anilines is 2. The summed E-state index contributed by atoms with van der Waals surface area (Å²) >= 11 is 1.68. The van der Waals surface area contributed by atoms with Crippen LogP contribution in [-0.2, 0) is 6.42 Å². The van der Waals surface area contributed by atoms with Crippen molar-refractivity contribution in [1.29, 1.82) is 0 Å². The van der Waals surface area contributed by atoms with Gasteiger partial charge in [-0.3, -0.25) is 0 Å². The summed E-state index contributed by atoms with van der Waals surface area (Å²) in [6, 6.07) is 0. The third kappa shape index (κ3) is 4.29. The van der Waals surface area contributed by atoms with Crippen LogP contribution in [0.1, 0.15) is 24.0 Å². The van der Waals surface area contributed by atoms with Gasteiger partial charge in [-0.25, -0.2) is 15.0 Å². The van der Waals surface area contributed by atoms with Crippen molar-refractivity contribution in [2.75, 3.05) is 30.8 Å². The van der Waals surface area contributed by atoms with E-state index < -0.39 is 0 Å². The van der Waals surface area contributed by atoms with Crippen LogP contribution in [0.25, 0.3) is 0 Å². The van der Waals surface area contributed by atoms with Gasteiger partial charge in [-0.05, 0) is 13.3 Å². The molecule has 0 aliphatic rings. The lowest BCUT2D eigenvalue weighted by Crippen LogP contribution is -2.11. The van der Waals surface area contributed by atoms with Crippen molar-refractivity contribution in [2.24, 2.45) is 0 Å².